The van der Waals surface area contributed by atoms with Crippen LogP contribution >= 0.6 is 11.3 Å². The van der Waals surface area contributed by atoms with Crippen molar-refractivity contribution in [2.45, 2.75) is 38.4 Å². The molecule has 1 heterocycles. The Labute approximate surface area is 102 Å². The first-order chi connectivity index (χ1) is 7.40. The number of nitrogens with two attached hydrogens (primary N) is 1. The van der Waals surface area contributed by atoms with E-state index in [1.807, 2.05) is 33.9 Å². The summed E-state index contributed by atoms with van der Waals surface area (Å²) in [7, 11) is 2.02. The molecule has 0 amide bonds. The lowest BCUT2D eigenvalue weighted by molar-refractivity contribution is 0.0383. The Balaban J connectivity index is 2.96. The van der Waals surface area contributed by atoms with E-state index in [0.29, 0.717) is 0 Å². The van der Waals surface area contributed by atoms with Crippen LogP contribution < -0.4 is 5.73 Å². The zero-order valence-corrected chi connectivity index (χ0v) is 11.3. The smallest absolute Gasteiger partial charge is 0.0610 e. The molecule has 0 spiro atoms. The predicted octanol–water partition coefficient (Wildman–Crippen LogP) is 1.84. The zero-order valence-electron chi connectivity index (χ0n) is 10.5. The van der Waals surface area contributed by atoms with Gasteiger partial charge in [-0.25, -0.2) is 0 Å². The average molecular weight is 242 g/mol. The lowest BCUT2D eigenvalue weighted by Gasteiger charge is -2.41. The van der Waals surface area contributed by atoms with Crippen LogP contribution in [0.15, 0.2) is 17.5 Å². The minimum atomic E-state index is -0.262. The van der Waals surface area contributed by atoms with Crippen molar-refractivity contribution in [2.24, 2.45) is 5.73 Å². The molecule has 4 heteroatoms. The lowest BCUT2D eigenvalue weighted by Crippen LogP contribution is -2.50. The number of nitrogens with zero attached hydrogens (tertiary/aromatic N) is 1. The van der Waals surface area contributed by atoms with E-state index in [4.69, 9.17) is 5.73 Å². The molecule has 3 N–H and O–H groups in total. The van der Waals surface area contributed by atoms with Gasteiger partial charge in [-0.2, -0.15) is 0 Å². The number of aliphatic hydroxyl groups excluding tert-OH is 1. The van der Waals surface area contributed by atoms with Gasteiger partial charge in [-0.3, -0.25) is 4.90 Å². The van der Waals surface area contributed by atoms with Crippen LogP contribution in [0.25, 0.3) is 0 Å². The highest BCUT2D eigenvalue weighted by Gasteiger charge is 2.32. The summed E-state index contributed by atoms with van der Waals surface area (Å²) in [5, 5.41) is 11.5. The lowest BCUT2D eigenvalue weighted by atomic mass is 9.98. The largest absolute Gasteiger partial charge is 0.394 e. The molecule has 0 bridgehead atoms. The molecule has 92 valence electrons. The minimum Gasteiger partial charge on any atom is -0.394 e. The van der Waals surface area contributed by atoms with Crippen LogP contribution in [0, 0.1) is 0 Å². The zero-order chi connectivity index (χ0) is 12.3. The van der Waals surface area contributed by atoms with Crippen molar-refractivity contribution in [2.75, 3.05) is 13.7 Å². The molecule has 0 fully saturated rings. The van der Waals surface area contributed by atoms with Gasteiger partial charge in [0, 0.05) is 16.5 Å². The third-order valence-corrected chi connectivity index (χ3v) is 4.03. The molecule has 2 atom stereocenters. The summed E-state index contributed by atoms with van der Waals surface area (Å²) < 4.78 is 0. The van der Waals surface area contributed by atoms with Gasteiger partial charge in [0.1, 0.15) is 0 Å². The van der Waals surface area contributed by atoms with E-state index in [2.05, 4.69) is 16.3 Å². The van der Waals surface area contributed by atoms with Gasteiger partial charge < -0.3 is 10.8 Å². The van der Waals surface area contributed by atoms with Gasteiger partial charge in [-0.1, -0.05) is 6.07 Å². The van der Waals surface area contributed by atoms with E-state index in [9.17, 15) is 5.11 Å². The van der Waals surface area contributed by atoms with Crippen molar-refractivity contribution >= 4 is 11.3 Å². The van der Waals surface area contributed by atoms with Crippen LogP contribution in [0.3, 0.4) is 0 Å². The third kappa shape index (κ3) is 2.83. The van der Waals surface area contributed by atoms with Gasteiger partial charge >= 0.3 is 0 Å². The van der Waals surface area contributed by atoms with E-state index < -0.39 is 0 Å². The van der Waals surface area contributed by atoms with E-state index in [0.717, 1.165) is 0 Å². The maximum absolute atomic E-state index is 9.41. The van der Waals surface area contributed by atoms with Crippen LogP contribution in [0.1, 0.15) is 31.7 Å². The van der Waals surface area contributed by atoms with Crippen molar-refractivity contribution in [3.63, 3.8) is 0 Å². The van der Waals surface area contributed by atoms with Crippen molar-refractivity contribution in [3.8, 4) is 0 Å². The van der Waals surface area contributed by atoms with Crippen molar-refractivity contribution in [1.82, 2.24) is 4.90 Å². The Morgan fingerprint density at radius 2 is 2.19 bits per heavy atom. The highest BCUT2D eigenvalue weighted by molar-refractivity contribution is 7.10. The number of aliphatic hydroxyl groups is 1. The number of rotatable bonds is 5. The Morgan fingerprint density at radius 1 is 1.56 bits per heavy atom. The fourth-order valence-electron chi connectivity index (χ4n) is 1.75. The highest BCUT2D eigenvalue weighted by Crippen LogP contribution is 2.31. The second-order valence-corrected chi connectivity index (χ2v) is 5.88. The molecule has 3 nitrogen and oxygen atoms in total. The topological polar surface area (TPSA) is 49.5 Å². The molecule has 0 saturated heterocycles. The van der Waals surface area contributed by atoms with Crippen molar-refractivity contribution in [3.05, 3.63) is 22.4 Å². The molecule has 0 saturated carbocycles. The Hall–Kier alpha value is -0.420. The average Bonchev–Trinajstić information content (AvgIpc) is 2.70. The first-order valence-electron chi connectivity index (χ1n) is 5.53. The standard InChI is InChI=1S/C12H22N2OS/c1-9(13)11(10-6-5-7-16-10)14(4)12(2,3)8-15/h5-7,9,11,15H,8,13H2,1-4H3. The van der Waals surface area contributed by atoms with Gasteiger partial charge in [-0.15, -0.1) is 11.3 Å². The molecule has 0 aliphatic carbocycles. The molecule has 0 aliphatic rings. The summed E-state index contributed by atoms with van der Waals surface area (Å²) in [5.74, 6) is 0. The number of hydrogen-bond donors (Lipinski definition) is 2. The van der Waals surface area contributed by atoms with Crippen LogP contribution in [0.5, 0.6) is 0 Å². The summed E-state index contributed by atoms with van der Waals surface area (Å²) in [5.41, 5.74) is 5.80. The molecular weight excluding hydrogens is 220 g/mol. The summed E-state index contributed by atoms with van der Waals surface area (Å²) in [6, 6.07) is 4.33. The quantitative estimate of drug-likeness (QED) is 0.828. The molecular formula is C12H22N2OS. The molecule has 0 aromatic carbocycles. The van der Waals surface area contributed by atoms with Crippen LogP contribution in [0.2, 0.25) is 0 Å². The Bertz CT molecular complexity index is 309. The normalized spacial score (nSPS) is 16.4. The van der Waals surface area contributed by atoms with Gasteiger partial charge in [0.2, 0.25) is 0 Å². The molecule has 0 aliphatic heterocycles. The van der Waals surface area contributed by atoms with E-state index in [1.54, 1.807) is 11.3 Å². The molecule has 16 heavy (non-hydrogen) atoms. The monoisotopic (exact) mass is 242 g/mol. The summed E-state index contributed by atoms with van der Waals surface area (Å²) in [6.45, 7) is 6.18. The van der Waals surface area contributed by atoms with Gasteiger partial charge in [-0.05, 0) is 39.3 Å². The van der Waals surface area contributed by atoms with E-state index in [1.165, 1.54) is 4.88 Å². The fourth-order valence-corrected chi connectivity index (χ4v) is 2.73. The second-order valence-electron chi connectivity index (χ2n) is 4.90. The maximum Gasteiger partial charge on any atom is 0.0610 e. The van der Waals surface area contributed by atoms with Crippen LogP contribution in [-0.2, 0) is 0 Å². The van der Waals surface area contributed by atoms with Crippen molar-refractivity contribution < 1.29 is 5.11 Å². The molecule has 1 aromatic rings. The van der Waals surface area contributed by atoms with Gasteiger partial charge in [0.25, 0.3) is 0 Å². The summed E-state index contributed by atoms with van der Waals surface area (Å²) in [6.07, 6.45) is 0. The minimum absolute atomic E-state index is 0.0366. The number of thiophene rings is 1. The molecule has 1 rings (SSSR count). The Kier molecular flexibility index (Phi) is 4.50. The van der Waals surface area contributed by atoms with Gasteiger partial charge in [0.05, 0.1) is 12.6 Å². The van der Waals surface area contributed by atoms with E-state index in [-0.39, 0.29) is 24.2 Å². The van der Waals surface area contributed by atoms with E-state index >= 15 is 0 Å². The van der Waals surface area contributed by atoms with Crippen molar-refractivity contribution in [1.29, 1.82) is 0 Å². The summed E-state index contributed by atoms with van der Waals surface area (Å²) in [4.78, 5) is 3.41. The second kappa shape index (κ2) is 5.27. The number of hydrogen-bond acceptors (Lipinski definition) is 4. The van der Waals surface area contributed by atoms with Gasteiger partial charge in [0.15, 0.2) is 0 Å². The number of likely N-dealkylation sites (N-methyl/N-ethyl adjacent to an activating group) is 1. The molecule has 2 unspecified atom stereocenters. The highest BCUT2D eigenvalue weighted by atomic mass is 32.1. The molecule has 1 aromatic heterocycles. The Morgan fingerprint density at radius 3 is 2.56 bits per heavy atom. The predicted molar refractivity (Wildman–Crippen MR) is 69.6 cm³/mol. The molecule has 0 radical (unpaired) electrons. The SMILES string of the molecule is CC(N)C(c1cccs1)N(C)C(C)(C)CO. The third-order valence-electron chi connectivity index (χ3n) is 3.09. The maximum atomic E-state index is 9.41. The first-order valence-corrected chi connectivity index (χ1v) is 6.41. The summed E-state index contributed by atoms with van der Waals surface area (Å²) >= 11 is 1.71. The fraction of sp³-hybridized carbons (Fsp3) is 0.667. The first kappa shape index (κ1) is 13.6. The van der Waals surface area contributed by atoms with Crippen LogP contribution in [0.4, 0.5) is 0 Å². The van der Waals surface area contributed by atoms with Crippen LogP contribution in [-0.4, -0.2) is 35.2 Å².